The van der Waals surface area contributed by atoms with Crippen molar-refractivity contribution < 1.29 is 8.42 Å². The van der Waals surface area contributed by atoms with Gasteiger partial charge in [-0.3, -0.25) is 4.98 Å². The SMILES string of the molecule is Cl.O=S(=O)(c1ccccc1Cl)N1CCNCC1c1cccnc1. The van der Waals surface area contributed by atoms with E-state index in [9.17, 15) is 8.42 Å². The van der Waals surface area contributed by atoms with Gasteiger partial charge in [-0.1, -0.05) is 29.8 Å². The lowest BCUT2D eigenvalue weighted by molar-refractivity contribution is 0.271. The molecule has 3 rings (SSSR count). The van der Waals surface area contributed by atoms with Crippen LogP contribution in [-0.4, -0.2) is 37.3 Å². The van der Waals surface area contributed by atoms with Gasteiger partial charge in [-0.15, -0.1) is 12.4 Å². The molecule has 2 heterocycles. The van der Waals surface area contributed by atoms with Gasteiger partial charge in [0.1, 0.15) is 4.90 Å². The van der Waals surface area contributed by atoms with Crippen LogP contribution < -0.4 is 5.32 Å². The monoisotopic (exact) mass is 373 g/mol. The Kier molecular flexibility index (Phi) is 6.00. The molecule has 0 amide bonds. The highest BCUT2D eigenvalue weighted by molar-refractivity contribution is 7.89. The van der Waals surface area contributed by atoms with Crippen molar-refractivity contribution in [3.8, 4) is 0 Å². The first-order chi connectivity index (χ1) is 10.6. The molecule has 5 nitrogen and oxygen atoms in total. The van der Waals surface area contributed by atoms with E-state index in [2.05, 4.69) is 10.3 Å². The second-order valence-corrected chi connectivity index (χ2v) is 7.32. The zero-order chi connectivity index (χ0) is 15.6. The molecule has 1 saturated heterocycles. The molecule has 8 heteroatoms. The molecule has 1 aromatic carbocycles. The lowest BCUT2D eigenvalue weighted by Gasteiger charge is -2.35. The lowest BCUT2D eigenvalue weighted by atomic mass is 10.1. The van der Waals surface area contributed by atoms with Gasteiger partial charge >= 0.3 is 0 Å². The molecule has 2 aromatic rings. The summed E-state index contributed by atoms with van der Waals surface area (Å²) in [5, 5.41) is 3.48. The van der Waals surface area contributed by atoms with Crippen LogP contribution in [0.25, 0.3) is 0 Å². The highest BCUT2D eigenvalue weighted by Crippen LogP contribution is 2.31. The molecular formula is C15H17Cl2N3O2S. The Labute approximate surface area is 147 Å². The molecule has 1 fully saturated rings. The summed E-state index contributed by atoms with van der Waals surface area (Å²) in [6.07, 6.45) is 3.37. The molecule has 0 aliphatic carbocycles. The maximum Gasteiger partial charge on any atom is 0.245 e. The Hall–Kier alpha value is -1.18. The van der Waals surface area contributed by atoms with Gasteiger partial charge in [0.25, 0.3) is 0 Å². The molecule has 1 aromatic heterocycles. The summed E-state index contributed by atoms with van der Waals surface area (Å²) < 4.78 is 27.5. The van der Waals surface area contributed by atoms with Crippen molar-refractivity contribution in [2.75, 3.05) is 19.6 Å². The van der Waals surface area contributed by atoms with Crippen LogP contribution in [0.3, 0.4) is 0 Å². The van der Waals surface area contributed by atoms with E-state index in [0.29, 0.717) is 19.6 Å². The van der Waals surface area contributed by atoms with Crippen LogP contribution >= 0.6 is 24.0 Å². The van der Waals surface area contributed by atoms with Gasteiger partial charge in [-0.2, -0.15) is 4.31 Å². The van der Waals surface area contributed by atoms with Gasteiger partial charge in [0.15, 0.2) is 0 Å². The van der Waals surface area contributed by atoms with Crippen molar-refractivity contribution in [2.24, 2.45) is 0 Å². The van der Waals surface area contributed by atoms with E-state index in [4.69, 9.17) is 11.6 Å². The Bertz CT molecular complexity index is 756. The van der Waals surface area contributed by atoms with E-state index in [0.717, 1.165) is 5.56 Å². The third kappa shape index (κ3) is 3.67. The summed E-state index contributed by atoms with van der Waals surface area (Å²) in [6, 6.07) is 9.95. The Balaban J connectivity index is 0.00000192. The maximum absolute atomic E-state index is 13.0. The normalized spacial score (nSPS) is 19.1. The Morgan fingerprint density at radius 2 is 2.00 bits per heavy atom. The van der Waals surface area contributed by atoms with Gasteiger partial charge in [-0.25, -0.2) is 8.42 Å². The van der Waals surface area contributed by atoms with Gasteiger partial charge in [0.05, 0.1) is 11.1 Å². The molecule has 1 atom stereocenters. The van der Waals surface area contributed by atoms with Crippen LogP contribution in [0.2, 0.25) is 5.02 Å². The molecule has 1 aliphatic heterocycles. The van der Waals surface area contributed by atoms with E-state index < -0.39 is 10.0 Å². The van der Waals surface area contributed by atoms with E-state index in [1.165, 1.54) is 4.31 Å². The topological polar surface area (TPSA) is 62.3 Å². The second-order valence-electron chi connectivity index (χ2n) is 5.05. The largest absolute Gasteiger partial charge is 0.313 e. The average molecular weight is 374 g/mol. The number of hydrogen-bond donors (Lipinski definition) is 1. The molecule has 1 aliphatic rings. The van der Waals surface area contributed by atoms with Gasteiger partial charge < -0.3 is 5.32 Å². The van der Waals surface area contributed by atoms with Crippen molar-refractivity contribution in [1.29, 1.82) is 0 Å². The molecule has 0 saturated carbocycles. The number of halogens is 2. The fourth-order valence-corrected chi connectivity index (χ4v) is 4.72. The number of sulfonamides is 1. The van der Waals surface area contributed by atoms with E-state index >= 15 is 0 Å². The summed E-state index contributed by atoms with van der Waals surface area (Å²) in [4.78, 5) is 4.24. The van der Waals surface area contributed by atoms with E-state index in [1.54, 1.807) is 36.7 Å². The Morgan fingerprint density at radius 3 is 2.70 bits per heavy atom. The lowest BCUT2D eigenvalue weighted by Crippen LogP contribution is -2.48. The molecule has 1 N–H and O–H groups in total. The predicted molar refractivity (Wildman–Crippen MR) is 92.4 cm³/mol. The predicted octanol–water partition coefficient (Wildman–Crippen LogP) is 2.49. The minimum Gasteiger partial charge on any atom is -0.313 e. The summed E-state index contributed by atoms with van der Waals surface area (Å²) >= 11 is 6.09. The fourth-order valence-electron chi connectivity index (χ4n) is 2.61. The van der Waals surface area contributed by atoms with Crippen LogP contribution in [-0.2, 0) is 10.0 Å². The number of rotatable bonds is 3. The molecule has 0 bridgehead atoms. The van der Waals surface area contributed by atoms with E-state index in [1.807, 2.05) is 12.1 Å². The van der Waals surface area contributed by atoms with Crippen molar-refractivity contribution in [3.63, 3.8) is 0 Å². The molecule has 0 spiro atoms. The van der Waals surface area contributed by atoms with Crippen molar-refractivity contribution >= 4 is 34.0 Å². The van der Waals surface area contributed by atoms with E-state index in [-0.39, 0.29) is 28.4 Å². The summed E-state index contributed by atoms with van der Waals surface area (Å²) in [5.74, 6) is 0. The highest BCUT2D eigenvalue weighted by atomic mass is 35.5. The number of nitrogens with zero attached hydrogens (tertiary/aromatic N) is 2. The molecule has 1 unspecified atom stereocenters. The number of nitrogens with one attached hydrogen (secondary N) is 1. The quantitative estimate of drug-likeness (QED) is 0.897. The maximum atomic E-state index is 13.0. The summed E-state index contributed by atoms with van der Waals surface area (Å²) in [7, 11) is -3.66. The fraction of sp³-hybridized carbons (Fsp3) is 0.267. The van der Waals surface area contributed by atoms with Crippen LogP contribution in [0, 0.1) is 0 Å². The van der Waals surface area contributed by atoms with Crippen LogP contribution in [0.15, 0.2) is 53.7 Å². The standard InChI is InChI=1S/C15H16ClN3O2S.ClH/c16-13-5-1-2-6-15(13)22(20,21)19-9-8-18-11-14(19)12-4-3-7-17-10-12;/h1-7,10,14,18H,8-9,11H2;1H. The van der Waals surface area contributed by atoms with Crippen molar-refractivity contribution in [1.82, 2.24) is 14.6 Å². The number of aromatic nitrogens is 1. The third-order valence-electron chi connectivity index (χ3n) is 3.69. The van der Waals surface area contributed by atoms with Crippen LogP contribution in [0.1, 0.15) is 11.6 Å². The smallest absolute Gasteiger partial charge is 0.245 e. The van der Waals surface area contributed by atoms with Crippen molar-refractivity contribution in [2.45, 2.75) is 10.9 Å². The van der Waals surface area contributed by atoms with Gasteiger partial charge in [-0.05, 0) is 23.8 Å². The number of pyridine rings is 1. The number of hydrogen-bond acceptors (Lipinski definition) is 4. The average Bonchev–Trinajstić information content (AvgIpc) is 2.56. The van der Waals surface area contributed by atoms with Crippen molar-refractivity contribution in [3.05, 3.63) is 59.4 Å². The third-order valence-corrected chi connectivity index (χ3v) is 6.09. The first kappa shape index (κ1) is 18.2. The molecule has 124 valence electrons. The number of benzene rings is 1. The first-order valence-electron chi connectivity index (χ1n) is 6.98. The summed E-state index contributed by atoms with van der Waals surface area (Å²) in [6.45, 7) is 1.56. The Morgan fingerprint density at radius 1 is 1.22 bits per heavy atom. The number of piperazine rings is 1. The molecule has 0 radical (unpaired) electrons. The molecular weight excluding hydrogens is 357 g/mol. The van der Waals surface area contributed by atoms with Crippen LogP contribution in [0.4, 0.5) is 0 Å². The first-order valence-corrected chi connectivity index (χ1v) is 8.79. The second kappa shape index (κ2) is 7.59. The minimum atomic E-state index is -3.66. The van der Waals surface area contributed by atoms with Gasteiger partial charge in [0.2, 0.25) is 10.0 Å². The zero-order valence-corrected chi connectivity index (χ0v) is 14.6. The van der Waals surface area contributed by atoms with Crippen LogP contribution in [0.5, 0.6) is 0 Å². The zero-order valence-electron chi connectivity index (χ0n) is 12.2. The van der Waals surface area contributed by atoms with Gasteiger partial charge in [0, 0.05) is 32.0 Å². The molecule has 23 heavy (non-hydrogen) atoms. The minimum absolute atomic E-state index is 0. The summed E-state index contributed by atoms with van der Waals surface area (Å²) in [5.41, 5.74) is 0.866. The highest BCUT2D eigenvalue weighted by Gasteiger charge is 2.35.